The molecule has 0 amide bonds. The van der Waals surface area contributed by atoms with E-state index < -0.39 is 0 Å². The lowest BCUT2D eigenvalue weighted by Gasteiger charge is -2.18. The summed E-state index contributed by atoms with van der Waals surface area (Å²) in [5.74, 6) is 1.77. The van der Waals surface area contributed by atoms with Gasteiger partial charge in [0.05, 0.1) is 7.11 Å². The van der Waals surface area contributed by atoms with Crippen LogP contribution in [-0.2, 0) is 0 Å². The summed E-state index contributed by atoms with van der Waals surface area (Å²) >= 11 is 0. The maximum Gasteiger partial charge on any atom is 0.123 e. The van der Waals surface area contributed by atoms with E-state index in [1.54, 1.807) is 7.11 Å². The number of hydrogen-bond donors (Lipinski definition) is 0. The molecule has 2 rings (SSSR count). The van der Waals surface area contributed by atoms with Crippen molar-refractivity contribution in [2.24, 2.45) is 0 Å². The number of rotatable bonds is 5. The molecule has 94 valence electrons. The summed E-state index contributed by atoms with van der Waals surface area (Å²) in [6.45, 7) is 2.12. The molecule has 1 atom stereocenters. The molecule has 1 unspecified atom stereocenters. The van der Waals surface area contributed by atoms with Crippen molar-refractivity contribution in [1.29, 1.82) is 0 Å². The Kier molecular flexibility index (Phi) is 4.24. The zero-order chi connectivity index (χ0) is 12.8. The number of ether oxygens (including phenoxy) is 2. The van der Waals surface area contributed by atoms with Crippen LogP contribution in [0.25, 0.3) is 0 Å². The third-order valence-electron chi connectivity index (χ3n) is 2.88. The van der Waals surface area contributed by atoms with Crippen LogP contribution in [0.1, 0.15) is 25.0 Å². The lowest BCUT2D eigenvalue weighted by Crippen LogP contribution is -2.06. The van der Waals surface area contributed by atoms with Gasteiger partial charge in [-0.3, -0.25) is 0 Å². The first-order chi connectivity index (χ1) is 8.83. The smallest absolute Gasteiger partial charge is 0.123 e. The molecule has 0 saturated carbocycles. The van der Waals surface area contributed by atoms with Gasteiger partial charge in [0.25, 0.3) is 0 Å². The Morgan fingerprint density at radius 3 is 2.11 bits per heavy atom. The molecule has 0 heterocycles. The van der Waals surface area contributed by atoms with Gasteiger partial charge in [-0.25, -0.2) is 0 Å². The molecule has 0 saturated heterocycles. The second kappa shape index (κ2) is 6.10. The standard InChI is InChI=1S/C16H18O2/c1-3-16(18-15-7-5-4-6-8-15)13-9-11-14(17-2)12-10-13/h4-12,16H,3H2,1-2H3. The summed E-state index contributed by atoms with van der Waals surface area (Å²) in [5, 5.41) is 0. The van der Waals surface area contributed by atoms with Crippen LogP contribution in [0.2, 0.25) is 0 Å². The maximum atomic E-state index is 5.98. The largest absolute Gasteiger partial charge is 0.497 e. The van der Waals surface area contributed by atoms with Gasteiger partial charge < -0.3 is 9.47 Å². The van der Waals surface area contributed by atoms with Gasteiger partial charge in [-0.1, -0.05) is 37.3 Å². The molecule has 2 heteroatoms. The predicted octanol–water partition coefficient (Wildman–Crippen LogP) is 4.23. The molecule has 2 nitrogen and oxygen atoms in total. The van der Waals surface area contributed by atoms with Crippen molar-refractivity contribution >= 4 is 0 Å². The highest BCUT2D eigenvalue weighted by Gasteiger charge is 2.10. The molecule has 0 bridgehead atoms. The summed E-state index contributed by atoms with van der Waals surface area (Å²) in [6, 6.07) is 17.9. The van der Waals surface area contributed by atoms with Crippen molar-refractivity contribution in [1.82, 2.24) is 0 Å². The van der Waals surface area contributed by atoms with Gasteiger partial charge in [0, 0.05) is 0 Å². The fourth-order valence-electron chi connectivity index (χ4n) is 1.87. The number of hydrogen-bond acceptors (Lipinski definition) is 2. The lowest BCUT2D eigenvalue weighted by atomic mass is 10.1. The van der Waals surface area contributed by atoms with Crippen LogP contribution in [-0.4, -0.2) is 7.11 Å². The summed E-state index contributed by atoms with van der Waals surface area (Å²) in [6.07, 6.45) is 1.01. The minimum absolute atomic E-state index is 0.0818. The molecule has 0 aliphatic rings. The van der Waals surface area contributed by atoms with Gasteiger partial charge >= 0.3 is 0 Å². The summed E-state index contributed by atoms with van der Waals surface area (Å²) < 4.78 is 11.1. The van der Waals surface area contributed by atoms with E-state index >= 15 is 0 Å². The van der Waals surface area contributed by atoms with Crippen molar-refractivity contribution in [2.75, 3.05) is 7.11 Å². The van der Waals surface area contributed by atoms with Gasteiger partial charge in [0.15, 0.2) is 0 Å². The minimum atomic E-state index is 0.0818. The maximum absolute atomic E-state index is 5.98. The van der Waals surface area contributed by atoms with Gasteiger partial charge in [-0.05, 0) is 36.2 Å². The van der Waals surface area contributed by atoms with E-state index in [1.807, 2.05) is 42.5 Å². The zero-order valence-corrected chi connectivity index (χ0v) is 10.8. The molecule has 0 N–H and O–H groups in total. The highest BCUT2D eigenvalue weighted by atomic mass is 16.5. The number of methoxy groups -OCH3 is 1. The Hall–Kier alpha value is -1.96. The van der Waals surface area contributed by atoms with E-state index in [2.05, 4.69) is 19.1 Å². The lowest BCUT2D eigenvalue weighted by molar-refractivity contribution is 0.201. The first-order valence-corrected chi connectivity index (χ1v) is 6.19. The van der Waals surface area contributed by atoms with Crippen LogP contribution in [0.5, 0.6) is 11.5 Å². The van der Waals surface area contributed by atoms with Crippen LogP contribution in [0, 0.1) is 0 Å². The van der Waals surface area contributed by atoms with Crippen LogP contribution >= 0.6 is 0 Å². The fourth-order valence-corrected chi connectivity index (χ4v) is 1.87. The van der Waals surface area contributed by atoms with E-state index in [1.165, 1.54) is 5.56 Å². The average molecular weight is 242 g/mol. The summed E-state index contributed by atoms with van der Waals surface area (Å²) in [7, 11) is 1.67. The normalized spacial score (nSPS) is 11.9. The molecule has 0 aromatic heterocycles. The van der Waals surface area contributed by atoms with Crippen LogP contribution < -0.4 is 9.47 Å². The molecule has 0 aliphatic heterocycles. The van der Waals surface area contributed by atoms with Gasteiger partial charge in [0.2, 0.25) is 0 Å². The molecular formula is C16H18O2. The van der Waals surface area contributed by atoms with E-state index in [0.717, 1.165) is 17.9 Å². The monoisotopic (exact) mass is 242 g/mol. The van der Waals surface area contributed by atoms with Crippen molar-refractivity contribution in [3.05, 3.63) is 60.2 Å². The van der Waals surface area contributed by atoms with Crippen LogP contribution in [0.3, 0.4) is 0 Å². The van der Waals surface area contributed by atoms with Crippen LogP contribution in [0.4, 0.5) is 0 Å². The Bertz CT molecular complexity index is 462. The first-order valence-electron chi connectivity index (χ1n) is 6.19. The highest BCUT2D eigenvalue weighted by molar-refractivity contribution is 5.30. The number of benzene rings is 2. The zero-order valence-electron chi connectivity index (χ0n) is 10.8. The van der Waals surface area contributed by atoms with Crippen molar-refractivity contribution in [2.45, 2.75) is 19.4 Å². The van der Waals surface area contributed by atoms with Crippen LogP contribution in [0.15, 0.2) is 54.6 Å². The number of para-hydroxylation sites is 1. The van der Waals surface area contributed by atoms with Gasteiger partial charge in [0.1, 0.15) is 17.6 Å². The molecule has 2 aromatic carbocycles. The fraction of sp³-hybridized carbons (Fsp3) is 0.250. The van der Waals surface area contributed by atoms with Gasteiger partial charge in [-0.15, -0.1) is 0 Å². The Labute approximate surface area is 108 Å². The average Bonchev–Trinajstić information content (AvgIpc) is 2.46. The molecular weight excluding hydrogens is 224 g/mol. The Morgan fingerprint density at radius 1 is 0.889 bits per heavy atom. The second-order valence-electron chi connectivity index (χ2n) is 4.10. The molecule has 18 heavy (non-hydrogen) atoms. The second-order valence-corrected chi connectivity index (χ2v) is 4.10. The van der Waals surface area contributed by atoms with E-state index in [4.69, 9.17) is 9.47 Å². The van der Waals surface area contributed by atoms with Gasteiger partial charge in [-0.2, -0.15) is 0 Å². The predicted molar refractivity (Wildman–Crippen MR) is 73.1 cm³/mol. The SMILES string of the molecule is CCC(Oc1ccccc1)c1ccc(OC)cc1. The van der Waals surface area contributed by atoms with E-state index in [-0.39, 0.29) is 6.10 Å². The van der Waals surface area contributed by atoms with Crippen molar-refractivity contribution < 1.29 is 9.47 Å². The molecule has 0 aliphatic carbocycles. The highest BCUT2D eigenvalue weighted by Crippen LogP contribution is 2.25. The van der Waals surface area contributed by atoms with Crippen molar-refractivity contribution in [3.63, 3.8) is 0 Å². The molecule has 0 radical (unpaired) electrons. The molecule has 0 fully saturated rings. The third-order valence-corrected chi connectivity index (χ3v) is 2.88. The third kappa shape index (κ3) is 3.04. The summed E-state index contributed by atoms with van der Waals surface area (Å²) in [5.41, 5.74) is 1.17. The Balaban J connectivity index is 2.12. The molecule has 2 aromatic rings. The topological polar surface area (TPSA) is 18.5 Å². The van der Waals surface area contributed by atoms with Crippen molar-refractivity contribution in [3.8, 4) is 11.5 Å². The van der Waals surface area contributed by atoms with E-state index in [0.29, 0.717) is 0 Å². The summed E-state index contributed by atoms with van der Waals surface area (Å²) in [4.78, 5) is 0. The Morgan fingerprint density at radius 2 is 1.56 bits per heavy atom. The minimum Gasteiger partial charge on any atom is -0.497 e. The first kappa shape index (κ1) is 12.5. The molecule has 0 spiro atoms. The quantitative estimate of drug-likeness (QED) is 0.781. The van der Waals surface area contributed by atoms with E-state index in [9.17, 15) is 0 Å².